The molecule has 0 unspecified atom stereocenters. The Morgan fingerprint density at radius 2 is 1.32 bits per heavy atom. The number of unbranched alkanes of at least 4 members (excludes halogenated alkanes) is 2. The van der Waals surface area contributed by atoms with Crippen LogP contribution in [-0.2, 0) is 25.2 Å². The summed E-state index contributed by atoms with van der Waals surface area (Å²) >= 11 is 0. The molecule has 0 fully saturated rings. The van der Waals surface area contributed by atoms with Gasteiger partial charge < -0.3 is 9.84 Å². The van der Waals surface area contributed by atoms with Crippen LogP contribution in [0.1, 0.15) is 26.2 Å². The quantitative estimate of drug-likeness (QED) is 0.252. The van der Waals surface area contributed by atoms with Crippen molar-refractivity contribution in [2.45, 2.75) is 26.2 Å². The molecule has 3 rings (SSSR count). The van der Waals surface area contributed by atoms with Crippen molar-refractivity contribution in [3.8, 4) is 28.0 Å². The van der Waals surface area contributed by atoms with E-state index in [1.165, 1.54) is 29.5 Å². The summed E-state index contributed by atoms with van der Waals surface area (Å²) in [4.78, 5) is 8.36. The van der Waals surface area contributed by atoms with Crippen LogP contribution in [0.25, 0.3) is 22.3 Å². The van der Waals surface area contributed by atoms with Crippen LogP contribution in [0.4, 0.5) is 0 Å². The summed E-state index contributed by atoms with van der Waals surface area (Å²) in [5.41, 5.74) is 4.85. The fourth-order valence-electron chi connectivity index (χ4n) is 2.94. The van der Waals surface area contributed by atoms with Gasteiger partial charge in [-0.3, -0.25) is 4.79 Å². The number of para-hydroxylation sites is 1. The summed E-state index contributed by atoms with van der Waals surface area (Å²) in [5, 5.41) is 6.89. The van der Waals surface area contributed by atoms with Crippen molar-refractivity contribution in [2.75, 3.05) is 6.61 Å². The van der Waals surface area contributed by atoms with Crippen molar-refractivity contribution in [2.24, 2.45) is 0 Å². The van der Waals surface area contributed by atoms with Gasteiger partial charge in [0.2, 0.25) is 0 Å². The summed E-state index contributed by atoms with van der Waals surface area (Å²) in [6.07, 6.45) is 3.52. The molecular formula is C24H26O3Pd. The molecule has 1 N–H and O–H groups in total. The van der Waals surface area contributed by atoms with Gasteiger partial charge in [-0.25, -0.2) is 0 Å². The maximum absolute atomic E-state index is 8.36. The van der Waals surface area contributed by atoms with Gasteiger partial charge in [0.15, 0.2) is 0 Å². The summed E-state index contributed by atoms with van der Waals surface area (Å²) in [6, 6.07) is 27.4. The van der Waals surface area contributed by atoms with Gasteiger partial charge in [-0.15, -0.1) is 0 Å². The fraction of sp³-hybridized carbons (Fsp3) is 0.208. The second-order valence-corrected chi connectivity index (χ2v) is 6.07. The topological polar surface area (TPSA) is 46.5 Å². The molecule has 0 aliphatic heterocycles. The van der Waals surface area contributed by atoms with Gasteiger partial charge in [0.25, 0.3) is 6.47 Å². The van der Waals surface area contributed by atoms with Gasteiger partial charge in [-0.2, -0.15) is 0 Å². The van der Waals surface area contributed by atoms with Gasteiger partial charge in [-0.05, 0) is 29.2 Å². The van der Waals surface area contributed by atoms with E-state index in [1.54, 1.807) is 0 Å². The normalized spacial score (nSPS) is 9.46. The van der Waals surface area contributed by atoms with E-state index >= 15 is 0 Å². The minimum Gasteiger partial charge on any atom is -0.493 e. The van der Waals surface area contributed by atoms with Crippen LogP contribution in [0.2, 0.25) is 0 Å². The van der Waals surface area contributed by atoms with E-state index in [1.807, 2.05) is 6.07 Å². The zero-order valence-electron chi connectivity index (χ0n) is 16.0. The molecule has 28 heavy (non-hydrogen) atoms. The van der Waals surface area contributed by atoms with Crippen molar-refractivity contribution in [1.29, 1.82) is 0 Å². The number of benzene rings is 3. The van der Waals surface area contributed by atoms with Crippen LogP contribution in [0.3, 0.4) is 0 Å². The Bertz CT molecular complexity index is 819. The van der Waals surface area contributed by atoms with Crippen LogP contribution in [0.15, 0.2) is 78.9 Å². The molecule has 0 radical (unpaired) electrons. The molecule has 3 nitrogen and oxygen atoms in total. The molecule has 0 atom stereocenters. The zero-order chi connectivity index (χ0) is 19.3. The van der Waals surface area contributed by atoms with Crippen LogP contribution in [0, 0.1) is 0 Å². The monoisotopic (exact) mass is 468 g/mol. The summed E-state index contributed by atoms with van der Waals surface area (Å²) in [7, 11) is 0. The van der Waals surface area contributed by atoms with E-state index in [-0.39, 0.29) is 26.9 Å². The Balaban J connectivity index is 0.000000921. The SMILES string of the molecule is CCCCCOc1ccccc1-c1ccccc1-c1ccccc1.O=CO.[Pd]. The molecular weight excluding hydrogens is 443 g/mol. The Morgan fingerprint density at radius 1 is 0.786 bits per heavy atom. The van der Waals surface area contributed by atoms with Gasteiger partial charge in [0.1, 0.15) is 5.75 Å². The number of rotatable bonds is 7. The standard InChI is InChI=1S/C23H24O.CH2O2.Pd/c1-2-3-11-18-24-23-17-10-9-16-22(23)21-15-8-7-14-20(21)19-12-5-4-6-13-19;2-1-3;/h4-10,12-17H,2-3,11,18H2,1H3;1H,(H,2,3);. The minimum absolute atomic E-state index is 0. The van der Waals surface area contributed by atoms with Crippen molar-refractivity contribution in [3.05, 3.63) is 78.9 Å². The average Bonchev–Trinajstić information content (AvgIpc) is 2.73. The number of carboxylic acid groups (broad SMARTS) is 1. The fourth-order valence-corrected chi connectivity index (χ4v) is 2.94. The molecule has 0 amide bonds. The van der Waals surface area contributed by atoms with E-state index in [0.717, 1.165) is 24.3 Å². The smallest absolute Gasteiger partial charge is 0.290 e. The molecule has 3 aromatic carbocycles. The molecule has 0 aliphatic rings. The Labute approximate surface area is 181 Å². The van der Waals surface area contributed by atoms with E-state index < -0.39 is 0 Å². The van der Waals surface area contributed by atoms with Crippen molar-refractivity contribution >= 4 is 6.47 Å². The summed E-state index contributed by atoms with van der Waals surface area (Å²) in [5.74, 6) is 0.969. The molecule has 0 aliphatic carbocycles. The van der Waals surface area contributed by atoms with Crippen LogP contribution in [-0.4, -0.2) is 18.2 Å². The maximum Gasteiger partial charge on any atom is 0.290 e. The molecule has 0 bridgehead atoms. The molecule has 0 saturated carbocycles. The van der Waals surface area contributed by atoms with Gasteiger partial charge in [0.05, 0.1) is 6.61 Å². The maximum atomic E-state index is 8.36. The van der Waals surface area contributed by atoms with Gasteiger partial charge in [0, 0.05) is 26.0 Å². The van der Waals surface area contributed by atoms with Crippen molar-refractivity contribution in [3.63, 3.8) is 0 Å². The zero-order valence-corrected chi connectivity index (χ0v) is 17.5. The number of hydrogen-bond acceptors (Lipinski definition) is 2. The first-order valence-corrected chi connectivity index (χ1v) is 9.26. The molecule has 0 saturated heterocycles. The average molecular weight is 469 g/mol. The number of hydrogen-bond donors (Lipinski definition) is 1. The molecule has 0 aromatic heterocycles. The first kappa shape index (κ1) is 23.6. The third-order valence-electron chi connectivity index (χ3n) is 4.19. The molecule has 3 aromatic rings. The number of carbonyl (C=O) groups is 1. The second kappa shape index (κ2) is 13.7. The predicted octanol–water partition coefficient (Wildman–Crippen LogP) is 6.29. The second-order valence-electron chi connectivity index (χ2n) is 6.07. The van der Waals surface area contributed by atoms with Gasteiger partial charge in [-0.1, -0.05) is 92.6 Å². The Morgan fingerprint density at radius 3 is 1.96 bits per heavy atom. The first-order valence-electron chi connectivity index (χ1n) is 9.26. The summed E-state index contributed by atoms with van der Waals surface area (Å²) < 4.78 is 6.08. The Hall–Kier alpha value is -2.41. The van der Waals surface area contributed by atoms with E-state index in [0.29, 0.717) is 0 Å². The third kappa shape index (κ3) is 6.96. The largest absolute Gasteiger partial charge is 0.493 e. The van der Waals surface area contributed by atoms with Crippen LogP contribution in [0.5, 0.6) is 5.75 Å². The molecule has 4 heteroatoms. The Kier molecular flexibility index (Phi) is 11.6. The van der Waals surface area contributed by atoms with Crippen LogP contribution < -0.4 is 4.74 Å². The third-order valence-corrected chi connectivity index (χ3v) is 4.19. The first-order chi connectivity index (χ1) is 13.3. The van der Waals surface area contributed by atoms with Crippen molar-refractivity contribution < 1.29 is 35.1 Å². The predicted molar refractivity (Wildman–Crippen MR) is 111 cm³/mol. The van der Waals surface area contributed by atoms with E-state index in [9.17, 15) is 0 Å². The van der Waals surface area contributed by atoms with Crippen LogP contribution >= 0.6 is 0 Å². The minimum atomic E-state index is -0.250. The van der Waals surface area contributed by atoms with Crippen molar-refractivity contribution in [1.82, 2.24) is 0 Å². The molecule has 0 spiro atoms. The van der Waals surface area contributed by atoms with E-state index in [4.69, 9.17) is 14.6 Å². The number of ether oxygens (including phenoxy) is 1. The van der Waals surface area contributed by atoms with Gasteiger partial charge >= 0.3 is 0 Å². The molecule has 0 heterocycles. The molecule has 150 valence electrons. The van der Waals surface area contributed by atoms with E-state index in [2.05, 4.69) is 79.7 Å². The summed E-state index contributed by atoms with van der Waals surface area (Å²) in [6.45, 7) is 2.74.